The molecule has 0 aromatic heterocycles. The molecule has 0 radical (unpaired) electrons. The molecule has 1 saturated heterocycles. The molecule has 6 heteroatoms. The highest BCUT2D eigenvalue weighted by Crippen LogP contribution is 2.44. The Labute approximate surface area is 207 Å². The Morgan fingerprint density at radius 1 is 1.06 bits per heavy atom. The second kappa shape index (κ2) is 11.1. The lowest BCUT2D eigenvalue weighted by atomic mass is 9.68. The van der Waals surface area contributed by atoms with Crippen LogP contribution in [-0.4, -0.2) is 37.0 Å². The number of likely N-dealkylation sites (tertiary alicyclic amines) is 1. The van der Waals surface area contributed by atoms with Crippen LogP contribution in [0.1, 0.15) is 57.4 Å². The molecule has 2 aliphatic rings. The van der Waals surface area contributed by atoms with Crippen LogP contribution in [0.5, 0.6) is 5.75 Å². The van der Waals surface area contributed by atoms with E-state index in [0.29, 0.717) is 16.7 Å². The van der Waals surface area contributed by atoms with Crippen molar-refractivity contribution in [2.45, 2.75) is 57.3 Å². The number of rotatable bonds is 7. The first-order valence-electron chi connectivity index (χ1n) is 12.2. The van der Waals surface area contributed by atoms with Gasteiger partial charge >= 0.3 is 0 Å². The summed E-state index contributed by atoms with van der Waals surface area (Å²) in [6.07, 6.45) is 7.29. The second-order valence-corrected chi connectivity index (χ2v) is 10.5. The van der Waals surface area contributed by atoms with Gasteiger partial charge in [0.15, 0.2) is 0 Å². The summed E-state index contributed by atoms with van der Waals surface area (Å²) in [4.78, 5) is 16.0. The number of ether oxygens (including phenoxy) is 1. The summed E-state index contributed by atoms with van der Waals surface area (Å²) in [5.41, 5.74) is 1.02. The Bertz CT molecular complexity index is 934. The van der Waals surface area contributed by atoms with Crippen LogP contribution in [0.25, 0.3) is 0 Å². The number of piperidine rings is 1. The summed E-state index contributed by atoms with van der Waals surface area (Å²) in [5.74, 6) is 1.67. The Balaban J connectivity index is 1.37. The molecule has 33 heavy (non-hydrogen) atoms. The van der Waals surface area contributed by atoms with Gasteiger partial charge < -0.3 is 10.1 Å². The lowest BCUT2D eigenvalue weighted by Gasteiger charge is -2.37. The quantitative estimate of drug-likeness (QED) is 0.458. The van der Waals surface area contributed by atoms with Crippen molar-refractivity contribution in [2.75, 3.05) is 31.6 Å². The fourth-order valence-corrected chi connectivity index (χ4v) is 5.70. The number of nitrogens with one attached hydrogen (secondary N) is 1. The van der Waals surface area contributed by atoms with Crippen molar-refractivity contribution in [3.63, 3.8) is 0 Å². The molecule has 2 aromatic carbocycles. The van der Waals surface area contributed by atoms with Gasteiger partial charge in [-0.2, -0.15) is 0 Å². The molecular formula is C27H34Cl2N2O2. The van der Waals surface area contributed by atoms with E-state index in [0.717, 1.165) is 74.7 Å². The van der Waals surface area contributed by atoms with Crippen LogP contribution < -0.4 is 10.1 Å². The minimum Gasteiger partial charge on any atom is -0.492 e. The van der Waals surface area contributed by atoms with E-state index < -0.39 is 5.41 Å². The van der Waals surface area contributed by atoms with Crippen LogP contribution in [0, 0.1) is 5.92 Å². The summed E-state index contributed by atoms with van der Waals surface area (Å²) in [6.45, 7) is 6.28. The number of carbonyl (C=O) groups excluding carboxylic acids is 1. The van der Waals surface area contributed by atoms with Crippen LogP contribution in [0.15, 0.2) is 42.5 Å². The van der Waals surface area contributed by atoms with E-state index in [2.05, 4.69) is 17.1 Å². The molecule has 0 spiro atoms. The smallest absolute Gasteiger partial charge is 0.235 e. The first kappa shape index (κ1) is 24.4. The van der Waals surface area contributed by atoms with Gasteiger partial charge in [0.1, 0.15) is 12.4 Å². The molecule has 2 fully saturated rings. The van der Waals surface area contributed by atoms with Gasteiger partial charge in [0.25, 0.3) is 0 Å². The minimum atomic E-state index is -0.624. The monoisotopic (exact) mass is 488 g/mol. The molecule has 4 nitrogen and oxygen atoms in total. The highest BCUT2D eigenvalue weighted by Gasteiger charge is 2.42. The van der Waals surface area contributed by atoms with Gasteiger partial charge in [-0.3, -0.25) is 9.69 Å². The van der Waals surface area contributed by atoms with Gasteiger partial charge in [-0.25, -0.2) is 0 Å². The first-order chi connectivity index (χ1) is 16.0. The molecule has 1 N–H and O–H groups in total. The maximum absolute atomic E-state index is 13.5. The van der Waals surface area contributed by atoms with Gasteiger partial charge in [-0.15, -0.1) is 0 Å². The van der Waals surface area contributed by atoms with E-state index in [1.807, 2.05) is 36.4 Å². The predicted octanol–water partition coefficient (Wildman–Crippen LogP) is 6.94. The van der Waals surface area contributed by atoms with Gasteiger partial charge in [0.2, 0.25) is 5.91 Å². The zero-order chi connectivity index (χ0) is 23.3. The van der Waals surface area contributed by atoms with Crippen molar-refractivity contribution < 1.29 is 9.53 Å². The molecule has 1 amide bonds. The molecule has 1 aliphatic heterocycles. The molecule has 0 unspecified atom stereocenters. The summed E-state index contributed by atoms with van der Waals surface area (Å²) >= 11 is 12.7. The van der Waals surface area contributed by atoms with Crippen molar-refractivity contribution in [3.05, 3.63) is 58.1 Å². The fraction of sp³-hybridized carbons (Fsp3) is 0.519. The first-order valence-corrected chi connectivity index (χ1v) is 12.9. The van der Waals surface area contributed by atoms with Crippen molar-refractivity contribution in [1.82, 2.24) is 4.90 Å². The van der Waals surface area contributed by atoms with Crippen LogP contribution in [0.2, 0.25) is 10.0 Å². The average molecular weight is 489 g/mol. The Morgan fingerprint density at radius 2 is 1.76 bits per heavy atom. The Kier molecular flexibility index (Phi) is 8.21. The third-order valence-electron chi connectivity index (χ3n) is 7.25. The van der Waals surface area contributed by atoms with Crippen molar-refractivity contribution in [2.24, 2.45) is 5.92 Å². The second-order valence-electron chi connectivity index (χ2n) is 9.62. The fourth-order valence-electron chi connectivity index (χ4n) is 5.12. The van der Waals surface area contributed by atoms with Crippen molar-refractivity contribution in [3.8, 4) is 5.75 Å². The third-order valence-corrected chi connectivity index (χ3v) is 7.80. The zero-order valence-electron chi connectivity index (χ0n) is 19.4. The standard InChI is InChI=1S/C27H34Cl2N2O2/c1-20-11-15-31(16-12-20)17-18-33-23-8-6-22(7-9-23)30-26(32)27(13-3-2-4-14-27)24-10-5-21(28)19-25(24)29/h5-10,19-20H,2-4,11-18H2,1H3,(H,30,32). The highest BCUT2D eigenvalue weighted by atomic mass is 35.5. The Morgan fingerprint density at radius 3 is 2.42 bits per heavy atom. The number of hydrogen-bond acceptors (Lipinski definition) is 3. The lowest BCUT2D eigenvalue weighted by molar-refractivity contribution is -0.122. The molecule has 1 saturated carbocycles. The molecule has 1 aliphatic carbocycles. The molecule has 178 valence electrons. The van der Waals surface area contributed by atoms with E-state index in [9.17, 15) is 4.79 Å². The highest BCUT2D eigenvalue weighted by molar-refractivity contribution is 6.35. The Hall–Kier alpha value is -1.75. The number of benzene rings is 2. The van der Waals surface area contributed by atoms with Gasteiger partial charge in [0.05, 0.1) is 5.41 Å². The number of carbonyl (C=O) groups is 1. The molecule has 1 heterocycles. The number of anilines is 1. The third kappa shape index (κ3) is 6.03. The van der Waals surface area contributed by atoms with Crippen LogP contribution in [-0.2, 0) is 10.2 Å². The number of halogens is 2. The molecule has 2 aromatic rings. The van der Waals surface area contributed by atoms with Crippen LogP contribution in [0.4, 0.5) is 5.69 Å². The zero-order valence-corrected chi connectivity index (χ0v) is 20.9. The summed E-state index contributed by atoms with van der Waals surface area (Å²) in [7, 11) is 0. The average Bonchev–Trinajstić information content (AvgIpc) is 2.82. The van der Waals surface area contributed by atoms with E-state index in [-0.39, 0.29) is 5.91 Å². The van der Waals surface area contributed by atoms with Gasteiger partial charge in [-0.05, 0) is 86.7 Å². The minimum absolute atomic E-state index is 0.000539. The van der Waals surface area contributed by atoms with E-state index >= 15 is 0 Å². The summed E-state index contributed by atoms with van der Waals surface area (Å²) < 4.78 is 5.94. The summed E-state index contributed by atoms with van der Waals surface area (Å²) in [6, 6.07) is 13.1. The van der Waals surface area contributed by atoms with Crippen LogP contribution in [0.3, 0.4) is 0 Å². The number of amides is 1. The maximum Gasteiger partial charge on any atom is 0.235 e. The number of nitrogens with zero attached hydrogens (tertiary/aromatic N) is 1. The topological polar surface area (TPSA) is 41.6 Å². The SMILES string of the molecule is CC1CCN(CCOc2ccc(NC(=O)C3(c4ccc(Cl)cc4Cl)CCCCC3)cc2)CC1. The number of hydrogen-bond donors (Lipinski definition) is 1. The normalized spacial score (nSPS) is 19.2. The molecule has 0 bridgehead atoms. The van der Waals surface area contributed by atoms with Crippen LogP contribution >= 0.6 is 23.2 Å². The van der Waals surface area contributed by atoms with E-state index in [4.69, 9.17) is 27.9 Å². The van der Waals surface area contributed by atoms with E-state index in [1.54, 1.807) is 6.07 Å². The van der Waals surface area contributed by atoms with E-state index in [1.165, 1.54) is 12.8 Å². The predicted molar refractivity (Wildman–Crippen MR) is 137 cm³/mol. The van der Waals surface area contributed by atoms with Gasteiger partial charge in [-0.1, -0.05) is 55.5 Å². The maximum atomic E-state index is 13.5. The molecular weight excluding hydrogens is 455 g/mol. The summed E-state index contributed by atoms with van der Waals surface area (Å²) in [5, 5.41) is 4.28. The lowest BCUT2D eigenvalue weighted by Crippen LogP contribution is -2.42. The largest absolute Gasteiger partial charge is 0.492 e. The van der Waals surface area contributed by atoms with Gasteiger partial charge in [0, 0.05) is 22.3 Å². The molecule has 4 rings (SSSR count). The molecule has 0 atom stereocenters. The van der Waals surface area contributed by atoms with Crippen molar-refractivity contribution in [1.29, 1.82) is 0 Å². The van der Waals surface area contributed by atoms with Crippen molar-refractivity contribution >= 4 is 34.8 Å².